The Balaban J connectivity index is 0.000000125. The van der Waals surface area contributed by atoms with E-state index < -0.39 is 0 Å². The normalized spacial score (nSPS) is 32.2. The van der Waals surface area contributed by atoms with Crippen LogP contribution >= 0.6 is 15.9 Å². The quantitative estimate of drug-likeness (QED) is 0.292. The van der Waals surface area contributed by atoms with Crippen LogP contribution in [0.4, 0.5) is 0 Å². The monoisotopic (exact) mass is 896 g/mol. The van der Waals surface area contributed by atoms with Crippen LogP contribution < -0.4 is 5.32 Å². The van der Waals surface area contributed by atoms with Crippen LogP contribution in [0, 0.1) is 23.7 Å². The predicted molar refractivity (Wildman–Crippen MR) is 233 cm³/mol. The highest BCUT2D eigenvalue weighted by molar-refractivity contribution is 9.11. The third kappa shape index (κ3) is 8.47. The lowest BCUT2D eigenvalue weighted by Gasteiger charge is -2.23. The Bertz CT molecular complexity index is 2000. The lowest BCUT2D eigenvalue weighted by atomic mass is 9.94. The molecule has 0 aromatic heterocycles. The number of fused-ring (bicyclic) bond motifs is 3. The number of benzene rings is 3. The maximum atomic E-state index is 12.2. The van der Waals surface area contributed by atoms with E-state index in [4.69, 9.17) is 19.3 Å². The zero-order valence-corrected chi connectivity index (χ0v) is 37.5. The van der Waals surface area contributed by atoms with Gasteiger partial charge in [0.15, 0.2) is 18.7 Å². The van der Waals surface area contributed by atoms with E-state index in [1.54, 1.807) is 0 Å². The molecule has 324 valence electrons. The van der Waals surface area contributed by atoms with Crippen LogP contribution in [0.2, 0.25) is 0 Å². The average Bonchev–Trinajstić information content (AvgIpc) is 4.17. The SMILES string of the molecule is CC1=C(Br)[C@@H]2COC(c3ccccc3)N2C1=O.CC1=C(C)[C@@H]2COC(c3ccccc3)N2C1=O.CC1C(=O)N2C(c3ccccc3)OC[C@H]2C1C.CC1C(=O)N[C@@H](CO)C1C. The minimum absolute atomic E-state index is 0.0255. The van der Waals surface area contributed by atoms with Gasteiger partial charge in [-0.2, -0.15) is 0 Å². The molecule has 4 amide bonds. The van der Waals surface area contributed by atoms with Crippen LogP contribution in [0.25, 0.3) is 0 Å². The molecule has 7 unspecified atom stereocenters. The van der Waals surface area contributed by atoms with Gasteiger partial charge in [-0.25, -0.2) is 0 Å². The van der Waals surface area contributed by atoms with Crippen molar-refractivity contribution in [3.05, 3.63) is 129 Å². The van der Waals surface area contributed by atoms with E-state index in [0.717, 1.165) is 37.9 Å². The number of rotatable bonds is 4. The summed E-state index contributed by atoms with van der Waals surface area (Å²) in [5.74, 6) is 1.29. The molecule has 61 heavy (non-hydrogen) atoms. The molecule has 10 rings (SSSR count). The maximum absolute atomic E-state index is 12.2. The maximum Gasteiger partial charge on any atom is 0.253 e. The Morgan fingerprint density at radius 2 is 1.05 bits per heavy atom. The number of carbonyl (C=O) groups is 4. The highest BCUT2D eigenvalue weighted by Gasteiger charge is 2.51. The van der Waals surface area contributed by atoms with Crippen LogP contribution in [-0.4, -0.2) is 94.0 Å². The van der Waals surface area contributed by atoms with Gasteiger partial charge in [0.05, 0.1) is 50.6 Å². The van der Waals surface area contributed by atoms with Gasteiger partial charge in [0, 0.05) is 44.2 Å². The number of ether oxygens (including phenoxy) is 3. The zero-order chi connectivity index (χ0) is 43.7. The first kappa shape index (κ1) is 44.4. The number of aliphatic hydroxyl groups is 1. The molecule has 12 nitrogen and oxygen atoms in total. The van der Waals surface area contributed by atoms with Crippen LogP contribution in [0.3, 0.4) is 0 Å². The molecule has 0 radical (unpaired) electrons. The van der Waals surface area contributed by atoms with Gasteiger partial charge < -0.3 is 29.5 Å². The van der Waals surface area contributed by atoms with Gasteiger partial charge in [0.1, 0.15) is 0 Å². The summed E-state index contributed by atoms with van der Waals surface area (Å²) in [7, 11) is 0. The highest BCUT2D eigenvalue weighted by atomic mass is 79.9. The van der Waals surface area contributed by atoms with Crippen LogP contribution in [0.15, 0.2) is 112 Å². The lowest BCUT2D eigenvalue weighted by Crippen LogP contribution is -2.33. The number of aliphatic hydroxyl groups excluding tert-OH is 1. The second kappa shape index (κ2) is 18.8. The van der Waals surface area contributed by atoms with Crippen molar-refractivity contribution in [1.82, 2.24) is 20.0 Å². The molecule has 3 aromatic rings. The van der Waals surface area contributed by atoms with Crippen molar-refractivity contribution in [2.75, 3.05) is 26.4 Å². The van der Waals surface area contributed by atoms with Gasteiger partial charge in [0.2, 0.25) is 11.8 Å². The summed E-state index contributed by atoms with van der Waals surface area (Å²) in [4.78, 5) is 53.1. The first-order chi connectivity index (χ1) is 29.3. The molecule has 0 saturated carbocycles. The topological polar surface area (TPSA) is 138 Å². The number of amides is 4. The molecule has 3 aromatic carbocycles. The second-order valence-electron chi connectivity index (χ2n) is 16.9. The molecule has 7 heterocycles. The van der Waals surface area contributed by atoms with Gasteiger partial charge >= 0.3 is 0 Å². The summed E-state index contributed by atoms with van der Waals surface area (Å²) in [5, 5.41) is 11.5. The predicted octanol–water partition coefficient (Wildman–Crippen LogP) is 6.81. The molecule has 2 N–H and O–H groups in total. The Hall–Kier alpha value is -4.66. The van der Waals surface area contributed by atoms with E-state index in [1.165, 1.54) is 0 Å². The van der Waals surface area contributed by atoms with Gasteiger partial charge in [-0.05, 0) is 38.2 Å². The van der Waals surface area contributed by atoms with E-state index in [2.05, 4.69) is 28.2 Å². The van der Waals surface area contributed by atoms with Gasteiger partial charge in [-0.1, -0.05) is 135 Å². The minimum atomic E-state index is -0.251. The number of nitrogens with one attached hydrogen (secondary N) is 1. The molecule has 0 aliphatic carbocycles. The van der Waals surface area contributed by atoms with Crippen molar-refractivity contribution >= 4 is 39.6 Å². The average molecular weight is 898 g/mol. The molecule has 5 saturated heterocycles. The van der Waals surface area contributed by atoms with E-state index in [-0.39, 0.29) is 90.8 Å². The van der Waals surface area contributed by atoms with Gasteiger partial charge in [0.25, 0.3) is 11.8 Å². The zero-order valence-electron chi connectivity index (χ0n) is 35.9. The van der Waals surface area contributed by atoms with Crippen LogP contribution in [-0.2, 0) is 33.4 Å². The summed E-state index contributed by atoms with van der Waals surface area (Å²) < 4.78 is 18.3. The summed E-state index contributed by atoms with van der Waals surface area (Å²) in [5.41, 5.74) is 5.96. The van der Waals surface area contributed by atoms with Crippen molar-refractivity contribution in [3.63, 3.8) is 0 Å². The van der Waals surface area contributed by atoms with Crippen molar-refractivity contribution in [3.8, 4) is 0 Å². The molecular weight excluding hydrogens is 840 g/mol. The van der Waals surface area contributed by atoms with Crippen molar-refractivity contribution in [1.29, 1.82) is 0 Å². The molecule has 0 bridgehead atoms. The largest absolute Gasteiger partial charge is 0.394 e. The van der Waals surface area contributed by atoms with Crippen LogP contribution in [0.1, 0.15) is 83.8 Å². The highest BCUT2D eigenvalue weighted by Crippen LogP contribution is 2.44. The third-order valence-corrected chi connectivity index (χ3v) is 14.7. The number of halogens is 1. The fourth-order valence-electron chi connectivity index (χ4n) is 9.07. The fourth-order valence-corrected chi connectivity index (χ4v) is 9.59. The van der Waals surface area contributed by atoms with Gasteiger partial charge in [-0.15, -0.1) is 0 Å². The van der Waals surface area contributed by atoms with Crippen molar-refractivity contribution in [2.45, 2.75) is 91.3 Å². The van der Waals surface area contributed by atoms with E-state index in [1.807, 2.05) is 147 Å². The Kier molecular flexibility index (Phi) is 13.7. The second-order valence-corrected chi connectivity index (χ2v) is 17.8. The molecule has 7 aliphatic heterocycles. The molecule has 11 atom stereocenters. The lowest BCUT2D eigenvalue weighted by molar-refractivity contribution is -0.137. The van der Waals surface area contributed by atoms with E-state index >= 15 is 0 Å². The standard InChI is InChI=1S/C14H17NO2.C14H15NO2.C13H12BrNO2.C7H13NO2/c2*1-9-10(2)13(16)15-12(9)8-17-14(15)11-6-4-3-5-7-11;1-8-11(14)10-7-17-13(15(10)12(8)16)9-5-3-2-4-6-9;1-4-5(2)7(10)8-6(4)3-9/h3-7,9-10,12,14H,8H2,1-2H3;3-7,12,14H,8H2,1-2H3;2-6,10,13H,7H2,1H3;4-6,9H,3H2,1-2H3,(H,8,10)/t9?,10?,12-,14?;12-,14?;10-,13?;4?,5?,6-/m0000/s1. The van der Waals surface area contributed by atoms with Crippen molar-refractivity contribution < 1.29 is 38.5 Å². The number of carbonyl (C=O) groups excluding carboxylic acids is 4. The Labute approximate surface area is 367 Å². The molecular formula is C48H57BrN4O8. The van der Waals surface area contributed by atoms with Crippen LogP contribution in [0.5, 0.6) is 0 Å². The minimum Gasteiger partial charge on any atom is -0.394 e. The molecule has 13 heteroatoms. The number of nitrogens with zero attached hydrogens (tertiary/aromatic N) is 3. The molecule has 7 aliphatic rings. The summed E-state index contributed by atoms with van der Waals surface area (Å²) in [6.07, 6.45) is -0.652. The fraction of sp³-hybridized carbons (Fsp3) is 0.458. The first-order valence-electron chi connectivity index (χ1n) is 21.2. The smallest absolute Gasteiger partial charge is 0.253 e. The number of hydrogen-bond donors (Lipinski definition) is 2. The van der Waals surface area contributed by atoms with Gasteiger partial charge in [-0.3, -0.25) is 29.0 Å². The van der Waals surface area contributed by atoms with E-state index in [9.17, 15) is 19.2 Å². The summed E-state index contributed by atoms with van der Waals surface area (Å²) in [6.45, 7) is 15.7. The molecule has 0 spiro atoms. The first-order valence-corrected chi connectivity index (χ1v) is 22.0. The Morgan fingerprint density at radius 1 is 0.607 bits per heavy atom. The van der Waals surface area contributed by atoms with Crippen molar-refractivity contribution in [2.24, 2.45) is 23.7 Å². The Morgan fingerprint density at radius 3 is 1.51 bits per heavy atom. The summed E-state index contributed by atoms with van der Waals surface area (Å²) in [6, 6.07) is 30.2. The summed E-state index contributed by atoms with van der Waals surface area (Å²) >= 11 is 3.49. The third-order valence-electron chi connectivity index (χ3n) is 13.5. The van der Waals surface area contributed by atoms with E-state index in [0.29, 0.717) is 25.7 Å². The number of hydrogen-bond acceptors (Lipinski definition) is 8. The molecule has 5 fully saturated rings.